The minimum absolute atomic E-state index is 0. The molecule has 0 spiro atoms. The van der Waals surface area contributed by atoms with Crippen LogP contribution in [0.3, 0.4) is 0 Å². The molecule has 5 nitrogen and oxygen atoms in total. The number of likely N-dealkylation sites (tertiary alicyclic amines) is 1. The highest BCUT2D eigenvalue weighted by Gasteiger charge is 2.16. The fourth-order valence-corrected chi connectivity index (χ4v) is 3.38. The second kappa shape index (κ2) is 12.8. The van der Waals surface area contributed by atoms with E-state index in [-0.39, 0.29) is 30.1 Å². The summed E-state index contributed by atoms with van der Waals surface area (Å²) in [5, 5.41) is 16.3. The number of hydrogen-bond acceptors (Lipinski definition) is 3. The summed E-state index contributed by atoms with van der Waals surface area (Å²) in [6, 6.07) is 19.1. The van der Waals surface area contributed by atoms with E-state index >= 15 is 0 Å². The number of aliphatic hydroxyl groups excluding tert-OH is 1. The number of rotatable bonds is 7. The molecule has 0 aliphatic carbocycles. The van der Waals surface area contributed by atoms with E-state index < -0.39 is 0 Å². The lowest BCUT2D eigenvalue weighted by Crippen LogP contribution is -2.36. The molecule has 29 heavy (non-hydrogen) atoms. The third-order valence-electron chi connectivity index (χ3n) is 5.05. The van der Waals surface area contributed by atoms with Crippen LogP contribution in [-0.4, -0.2) is 41.7 Å². The summed E-state index contributed by atoms with van der Waals surface area (Å²) in [6.45, 7) is 7.25. The number of halogens is 1. The Hall–Kier alpha value is -1.64. The average molecular weight is 508 g/mol. The minimum Gasteiger partial charge on any atom is -0.393 e. The van der Waals surface area contributed by atoms with Crippen LogP contribution in [0, 0.1) is 0 Å². The maximum atomic E-state index is 9.63. The van der Waals surface area contributed by atoms with Crippen LogP contribution in [-0.2, 0) is 19.6 Å². The molecular weight excluding hydrogens is 475 g/mol. The lowest BCUT2D eigenvalue weighted by atomic mass is 10.1. The van der Waals surface area contributed by atoms with Crippen molar-refractivity contribution in [3.8, 4) is 0 Å². The molecule has 0 aromatic heterocycles. The Labute approximate surface area is 191 Å². The van der Waals surface area contributed by atoms with E-state index in [2.05, 4.69) is 63.8 Å². The van der Waals surface area contributed by atoms with Crippen molar-refractivity contribution in [2.45, 2.75) is 45.5 Å². The van der Waals surface area contributed by atoms with Crippen LogP contribution in [0.5, 0.6) is 0 Å². The second-order valence-corrected chi connectivity index (χ2v) is 7.36. The first-order valence-corrected chi connectivity index (χ1v) is 10.3. The van der Waals surface area contributed by atoms with Crippen molar-refractivity contribution in [1.29, 1.82) is 0 Å². The Bertz CT molecular complexity index is 728. The molecule has 6 heteroatoms. The number of aliphatic imine (C=N–C) groups is 1. The van der Waals surface area contributed by atoms with Crippen molar-refractivity contribution in [1.82, 2.24) is 15.5 Å². The number of piperidine rings is 1. The van der Waals surface area contributed by atoms with Gasteiger partial charge in [-0.3, -0.25) is 4.90 Å². The van der Waals surface area contributed by atoms with Gasteiger partial charge in [0.1, 0.15) is 0 Å². The second-order valence-electron chi connectivity index (χ2n) is 7.36. The lowest BCUT2D eigenvalue weighted by molar-refractivity contribution is 0.0792. The Morgan fingerprint density at radius 3 is 2.28 bits per heavy atom. The molecule has 0 bridgehead atoms. The molecule has 1 heterocycles. The van der Waals surface area contributed by atoms with Crippen LogP contribution in [0.25, 0.3) is 0 Å². The van der Waals surface area contributed by atoms with Crippen LogP contribution >= 0.6 is 24.0 Å². The van der Waals surface area contributed by atoms with E-state index in [1.807, 2.05) is 18.2 Å². The van der Waals surface area contributed by atoms with Gasteiger partial charge in [0.15, 0.2) is 5.96 Å². The van der Waals surface area contributed by atoms with Gasteiger partial charge in [0.05, 0.1) is 12.6 Å². The van der Waals surface area contributed by atoms with Gasteiger partial charge in [-0.1, -0.05) is 54.6 Å². The first kappa shape index (κ1) is 23.6. The van der Waals surface area contributed by atoms with Gasteiger partial charge in [0, 0.05) is 32.7 Å². The highest BCUT2D eigenvalue weighted by atomic mass is 127. The number of guanidine groups is 1. The smallest absolute Gasteiger partial charge is 0.191 e. The van der Waals surface area contributed by atoms with Crippen molar-refractivity contribution in [2.75, 3.05) is 19.6 Å². The van der Waals surface area contributed by atoms with E-state index in [0.717, 1.165) is 51.5 Å². The van der Waals surface area contributed by atoms with Crippen molar-refractivity contribution in [2.24, 2.45) is 4.99 Å². The summed E-state index contributed by atoms with van der Waals surface area (Å²) < 4.78 is 0. The maximum Gasteiger partial charge on any atom is 0.191 e. The SMILES string of the molecule is CCNC(=NCc1ccccc1)NCc1ccc(CN2CCC(O)CC2)cc1.I. The van der Waals surface area contributed by atoms with Gasteiger partial charge in [-0.25, -0.2) is 4.99 Å². The molecule has 3 N–H and O–H groups in total. The van der Waals surface area contributed by atoms with Gasteiger partial charge in [0.25, 0.3) is 0 Å². The molecule has 158 valence electrons. The Morgan fingerprint density at radius 2 is 1.62 bits per heavy atom. The molecule has 2 aromatic rings. The van der Waals surface area contributed by atoms with Gasteiger partial charge in [-0.05, 0) is 36.5 Å². The third-order valence-corrected chi connectivity index (χ3v) is 5.05. The van der Waals surface area contributed by atoms with E-state index in [9.17, 15) is 5.11 Å². The molecule has 1 aliphatic heterocycles. The number of nitrogens with zero attached hydrogens (tertiary/aromatic N) is 2. The molecule has 1 aliphatic rings. The number of nitrogens with one attached hydrogen (secondary N) is 2. The molecule has 1 fully saturated rings. The zero-order valence-corrected chi connectivity index (χ0v) is 19.5. The molecule has 0 atom stereocenters. The first-order valence-electron chi connectivity index (χ1n) is 10.3. The van der Waals surface area contributed by atoms with Crippen LogP contribution in [0.15, 0.2) is 59.6 Å². The van der Waals surface area contributed by atoms with Crippen LogP contribution in [0.1, 0.15) is 36.5 Å². The first-order chi connectivity index (χ1) is 13.7. The highest BCUT2D eigenvalue weighted by Crippen LogP contribution is 2.14. The monoisotopic (exact) mass is 508 g/mol. The van der Waals surface area contributed by atoms with E-state index in [4.69, 9.17) is 0 Å². The van der Waals surface area contributed by atoms with Crippen molar-refractivity contribution in [3.63, 3.8) is 0 Å². The summed E-state index contributed by atoms with van der Waals surface area (Å²) >= 11 is 0. The van der Waals surface area contributed by atoms with Gasteiger partial charge < -0.3 is 15.7 Å². The van der Waals surface area contributed by atoms with Gasteiger partial charge >= 0.3 is 0 Å². The third kappa shape index (κ3) is 8.32. The zero-order chi connectivity index (χ0) is 19.6. The molecule has 0 amide bonds. The fourth-order valence-electron chi connectivity index (χ4n) is 3.38. The van der Waals surface area contributed by atoms with E-state index in [0.29, 0.717) is 6.54 Å². The quantitative estimate of drug-likeness (QED) is 0.305. The van der Waals surface area contributed by atoms with Gasteiger partial charge in [0.2, 0.25) is 0 Å². The minimum atomic E-state index is -0.112. The van der Waals surface area contributed by atoms with Crippen molar-refractivity contribution < 1.29 is 5.11 Å². The van der Waals surface area contributed by atoms with Crippen LogP contribution in [0.4, 0.5) is 0 Å². The van der Waals surface area contributed by atoms with Gasteiger partial charge in [-0.15, -0.1) is 24.0 Å². The average Bonchev–Trinajstić information content (AvgIpc) is 2.73. The predicted octanol–water partition coefficient (Wildman–Crippen LogP) is 3.52. The van der Waals surface area contributed by atoms with E-state index in [1.165, 1.54) is 16.7 Å². The molecule has 1 saturated heterocycles. The Kier molecular flexibility index (Phi) is 10.5. The largest absolute Gasteiger partial charge is 0.393 e. The molecule has 2 aromatic carbocycles. The topological polar surface area (TPSA) is 59.9 Å². The molecule has 3 rings (SSSR count). The van der Waals surface area contributed by atoms with Crippen LogP contribution < -0.4 is 10.6 Å². The Balaban J connectivity index is 0.00000300. The Morgan fingerprint density at radius 1 is 0.966 bits per heavy atom. The fraction of sp³-hybridized carbons (Fsp3) is 0.435. The summed E-state index contributed by atoms with van der Waals surface area (Å²) in [7, 11) is 0. The number of benzene rings is 2. The maximum absolute atomic E-state index is 9.63. The molecular formula is C23H33IN4O. The van der Waals surface area contributed by atoms with Gasteiger partial charge in [-0.2, -0.15) is 0 Å². The summed E-state index contributed by atoms with van der Waals surface area (Å²) in [5.74, 6) is 0.835. The van der Waals surface area contributed by atoms with Crippen molar-refractivity contribution >= 4 is 29.9 Å². The van der Waals surface area contributed by atoms with Crippen molar-refractivity contribution in [3.05, 3.63) is 71.3 Å². The summed E-state index contributed by atoms with van der Waals surface area (Å²) in [5.41, 5.74) is 3.77. The highest BCUT2D eigenvalue weighted by molar-refractivity contribution is 14.0. The summed E-state index contributed by atoms with van der Waals surface area (Å²) in [6.07, 6.45) is 1.66. The number of hydrogen-bond donors (Lipinski definition) is 3. The lowest BCUT2D eigenvalue weighted by Gasteiger charge is -2.29. The summed E-state index contributed by atoms with van der Waals surface area (Å²) in [4.78, 5) is 7.08. The van der Waals surface area contributed by atoms with Crippen LogP contribution in [0.2, 0.25) is 0 Å². The molecule has 0 radical (unpaired) electrons. The zero-order valence-electron chi connectivity index (χ0n) is 17.2. The normalized spacial score (nSPS) is 15.6. The standard InChI is InChI=1S/C23H32N4O.HI/c1-2-24-23(25-16-19-6-4-3-5-7-19)26-17-20-8-10-21(11-9-20)18-27-14-12-22(28)13-15-27;/h3-11,22,28H,2,12-18H2,1H3,(H2,24,25,26);1H. The predicted molar refractivity (Wildman–Crippen MR) is 130 cm³/mol. The van der Waals surface area contributed by atoms with E-state index in [1.54, 1.807) is 0 Å². The molecule has 0 unspecified atom stereocenters. The number of aliphatic hydroxyl groups is 1. The molecule has 0 saturated carbocycles.